The van der Waals surface area contributed by atoms with Crippen LogP contribution in [-0.2, 0) is 7.05 Å². The van der Waals surface area contributed by atoms with Crippen LogP contribution in [0.3, 0.4) is 0 Å². The lowest BCUT2D eigenvalue weighted by Crippen LogP contribution is -2.35. The van der Waals surface area contributed by atoms with Gasteiger partial charge in [0.2, 0.25) is 11.4 Å². The summed E-state index contributed by atoms with van der Waals surface area (Å²) in [7, 11) is 1.84. The van der Waals surface area contributed by atoms with Gasteiger partial charge in [-0.2, -0.15) is 4.57 Å². The van der Waals surface area contributed by atoms with E-state index in [0.717, 1.165) is 11.3 Å². The number of furan rings is 1. The van der Waals surface area contributed by atoms with E-state index in [-0.39, 0.29) is 16.8 Å². The Balaban J connectivity index is 2.11. The van der Waals surface area contributed by atoms with Gasteiger partial charge in [-0.15, -0.1) is 0 Å². The number of nitrogens with zero attached hydrogens (tertiary/aromatic N) is 2. The van der Waals surface area contributed by atoms with Crippen LogP contribution in [0.15, 0.2) is 40.8 Å². The molecule has 0 saturated heterocycles. The summed E-state index contributed by atoms with van der Waals surface area (Å²) >= 11 is 0. The molecule has 2 aromatic carbocycles. The molecule has 4 aromatic rings. The zero-order valence-corrected chi connectivity index (χ0v) is 17.8. The van der Waals surface area contributed by atoms with Gasteiger partial charge in [-0.05, 0) is 42.0 Å². The van der Waals surface area contributed by atoms with E-state index in [2.05, 4.69) is 4.85 Å². The van der Waals surface area contributed by atoms with E-state index in [0.29, 0.717) is 33.2 Å². The Morgan fingerprint density at radius 1 is 1.00 bits per heavy atom. The van der Waals surface area contributed by atoms with Crippen molar-refractivity contribution in [1.29, 1.82) is 0 Å². The van der Waals surface area contributed by atoms with Gasteiger partial charge in [-0.25, -0.2) is 4.85 Å². The highest BCUT2D eigenvalue weighted by Gasteiger charge is 2.24. The Hall–Kier alpha value is -3.12. The number of aromatic nitrogens is 1. The third-order valence-electron chi connectivity index (χ3n) is 5.72. The molecule has 2 unspecified atom stereocenters. The third-order valence-corrected chi connectivity index (χ3v) is 5.72. The maximum absolute atomic E-state index is 8.64. The van der Waals surface area contributed by atoms with Gasteiger partial charge in [0.1, 0.15) is 18.2 Å². The van der Waals surface area contributed by atoms with Crippen molar-refractivity contribution in [2.45, 2.75) is 53.2 Å². The number of rotatable bonds is 3. The number of benzene rings is 2. The van der Waals surface area contributed by atoms with Crippen LogP contribution >= 0.6 is 0 Å². The second kappa shape index (κ2) is 7.29. The molecule has 0 spiro atoms. The minimum atomic E-state index is -2.61. The summed E-state index contributed by atoms with van der Waals surface area (Å²) in [4.78, 5) is 3.58. The molecule has 0 aliphatic rings. The van der Waals surface area contributed by atoms with Crippen LogP contribution in [0.2, 0.25) is 0 Å². The van der Waals surface area contributed by atoms with Crippen LogP contribution in [0.1, 0.15) is 72.7 Å². The van der Waals surface area contributed by atoms with Crippen LogP contribution < -0.4 is 4.57 Å². The predicted octanol–water partition coefficient (Wildman–Crippen LogP) is 7.49. The first-order valence-electron chi connectivity index (χ1n) is 13.7. The number of pyridine rings is 1. The van der Waals surface area contributed by atoms with Gasteiger partial charge in [0.05, 0.1) is 12.1 Å². The number of fused-ring (bicyclic) bond motifs is 3. The molecule has 0 bridgehead atoms. The molecule has 0 fully saturated rings. The molecule has 152 valence electrons. The van der Waals surface area contributed by atoms with E-state index >= 15 is 0 Å². The van der Waals surface area contributed by atoms with Crippen LogP contribution in [0.4, 0.5) is 5.69 Å². The maximum atomic E-state index is 8.64. The molecular formula is C27H29N2O+. The van der Waals surface area contributed by atoms with E-state index < -0.39 is 25.5 Å². The molecule has 0 saturated carbocycles. The fourth-order valence-electron chi connectivity index (χ4n) is 3.89. The van der Waals surface area contributed by atoms with Crippen molar-refractivity contribution in [3.05, 3.63) is 70.2 Å². The van der Waals surface area contributed by atoms with Crippen molar-refractivity contribution in [3.63, 3.8) is 0 Å². The largest absolute Gasteiger partial charge is 0.466 e. The van der Waals surface area contributed by atoms with Gasteiger partial charge in [0.25, 0.3) is 0 Å². The van der Waals surface area contributed by atoms with Gasteiger partial charge in [-0.3, -0.25) is 0 Å². The molecule has 2 heterocycles. The minimum absolute atomic E-state index is 0.107. The molecule has 0 aliphatic heterocycles. The Bertz CT molecular complexity index is 1640. The summed E-state index contributed by atoms with van der Waals surface area (Å²) in [5, 5.41) is 1.16. The van der Waals surface area contributed by atoms with Gasteiger partial charge in [-0.1, -0.05) is 45.2 Å². The van der Waals surface area contributed by atoms with E-state index in [9.17, 15) is 0 Å². The predicted molar refractivity (Wildman–Crippen MR) is 124 cm³/mol. The average molecular weight is 406 g/mol. The van der Waals surface area contributed by atoms with Gasteiger partial charge in [0.15, 0.2) is 5.69 Å². The maximum Gasteiger partial charge on any atom is 0.229 e. The standard InChI is InChI=1S/C27H29N2O/c1-15(2)19-11-18(6)29(8)24(14-19)25-17(5)9-10-21-22-12-20(16(3)4)13-23(28-7)26(22)30-27(21)25/h9-16H,1-6,8H3/q+1/i1D3,3D3,15D,16D. The topological polar surface area (TPSA) is 21.4 Å². The van der Waals surface area contributed by atoms with Crippen molar-refractivity contribution in [2.75, 3.05) is 0 Å². The lowest BCUT2D eigenvalue weighted by atomic mass is 9.95. The first-order valence-corrected chi connectivity index (χ1v) is 9.72. The molecule has 2 aromatic heterocycles. The van der Waals surface area contributed by atoms with Crippen molar-refractivity contribution in [3.8, 4) is 11.3 Å². The van der Waals surface area contributed by atoms with Gasteiger partial charge < -0.3 is 4.42 Å². The lowest BCUT2D eigenvalue weighted by Gasteiger charge is -2.11. The van der Waals surface area contributed by atoms with Gasteiger partial charge in [0, 0.05) is 40.8 Å². The molecule has 2 atom stereocenters. The first kappa shape index (κ1) is 12.5. The van der Waals surface area contributed by atoms with Crippen LogP contribution in [-0.4, -0.2) is 0 Å². The van der Waals surface area contributed by atoms with E-state index in [4.69, 9.17) is 22.0 Å². The second-order valence-corrected chi connectivity index (χ2v) is 7.80. The third kappa shape index (κ3) is 3.08. The molecule has 0 amide bonds. The molecule has 30 heavy (non-hydrogen) atoms. The molecule has 3 heteroatoms. The van der Waals surface area contributed by atoms with E-state index in [1.165, 1.54) is 19.9 Å². The van der Waals surface area contributed by atoms with Crippen LogP contribution in [0.5, 0.6) is 0 Å². The van der Waals surface area contributed by atoms with Crippen LogP contribution in [0.25, 0.3) is 38.0 Å². The summed E-state index contributed by atoms with van der Waals surface area (Å²) in [5.74, 6) is -3.79. The zero-order chi connectivity index (χ0) is 28.6. The Labute approximate surface area is 190 Å². The highest BCUT2D eigenvalue weighted by atomic mass is 16.3. The molecular weight excluding hydrogens is 368 g/mol. The normalized spacial score (nSPS) is 20.4. The van der Waals surface area contributed by atoms with Crippen molar-refractivity contribution >= 4 is 27.6 Å². The SMILES string of the molecule is [2H]C([2H])([2H])C([2H])(C)c1cc(C)[n+](C)c(-c2c(C)ccc3c2oc2c([N+]#[C-])cc(C([2H])(C)C([2H])([2H])[2H])cc23)c1. The second-order valence-electron chi connectivity index (χ2n) is 7.80. The lowest BCUT2D eigenvalue weighted by molar-refractivity contribution is -0.666. The highest BCUT2D eigenvalue weighted by molar-refractivity contribution is 6.13. The molecule has 0 aliphatic carbocycles. The molecule has 0 radical (unpaired) electrons. The molecule has 0 N–H and O–H groups in total. The summed E-state index contributed by atoms with van der Waals surface area (Å²) in [6, 6.07) is 10.1. The van der Waals surface area contributed by atoms with Crippen molar-refractivity contribution < 1.29 is 20.0 Å². The highest BCUT2D eigenvalue weighted by Crippen LogP contribution is 2.42. The van der Waals surface area contributed by atoms with E-state index in [1.807, 2.05) is 37.6 Å². The summed E-state index contributed by atoms with van der Waals surface area (Å²) in [5.41, 5.74) is 4.27. The number of hydrogen-bond donors (Lipinski definition) is 0. The fourth-order valence-corrected chi connectivity index (χ4v) is 3.89. The summed E-state index contributed by atoms with van der Waals surface area (Å²) in [6.45, 7) is 8.97. The van der Waals surface area contributed by atoms with E-state index in [1.54, 1.807) is 18.2 Å². The Morgan fingerprint density at radius 3 is 2.37 bits per heavy atom. The monoisotopic (exact) mass is 405 g/mol. The average Bonchev–Trinajstić information content (AvgIpc) is 3.17. The summed E-state index contributed by atoms with van der Waals surface area (Å²) < 4.78 is 72.7. The first-order chi connectivity index (χ1) is 17.3. The molecule has 3 nitrogen and oxygen atoms in total. The van der Waals surface area contributed by atoms with Crippen LogP contribution in [0, 0.1) is 20.4 Å². The number of aryl methyl sites for hydroxylation is 2. The van der Waals surface area contributed by atoms with Gasteiger partial charge >= 0.3 is 0 Å². The Kier molecular flexibility index (Phi) is 3.05. The zero-order valence-electron chi connectivity index (χ0n) is 25.8. The Morgan fingerprint density at radius 2 is 1.70 bits per heavy atom. The fraction of sp³-hybridized carbons (Fsp3) is 0.333. The quantitative estimate of drug-likeness (QED) is 0.255. The summed E-state index contributed by atoms with van der Waals surface area (Å²) in [6.07, 6.45) is 0. The number of hydrogen-bond acceptors (Lipinski definition) is 1. The van der Waals surface area contributed by atoms with Crippen molar-refractivity contribution in [1.82, 2.24) is 0 Å². The smallest absolute Gasteiger partial charge is 0.229 e. The minimum Gasteiger partial charge on any atom is -0.466 e. The molecule has 4 rings (SSSR count). The van der Waals surface area contributed by atoms with Crippen molar-refractivity contribution in [2.24, 2.45) is 7.05 Å².